The Morgan fingerprint density at radius 3 is 2.53 bits per heavy atom. The van der Waals surface area contributed by atoms with Crippen LogP contribution in [-0.2, 0) is 0 Å². The topological polar surface area (TPSA) is 70.4 Å². The van der Waals surface area contributed by atoms with E-state index in [2.05, 4.69) is 29.4 Å². The molecule has 1 rings (SSSR count). The maximum atomic E-state index is 10.5. The molecule has 1 aliphatic heterocycles. The minimum Gasteiger partial charge on any atom is -0.352 e. The highest BCUT2D eigenvalue weighted by Gasteiger charge is 2.18. The first-order valence-corrected chi connectivity index (χ1v) is 6.57. The lowest BCUT2D eigenvalue weighted by Crippen LogP contribution is -2.45. The van der Waals surface area contributed by atoms with Gasteiger partial charge in [-0.3, -0.25) is 0 Å². The van der Waals surface area contributed by atoms with Gasteiger partial charge in [0.15, 0.2) is 0 Å². The lowest BCUT2D eigenvalue weighted by Gasteiger charge is -2.33. The maximum Gasteiger partial charge on any atom is 0.312 e. The molecule has 0 aromatic rings. The van der Waals surface area contributed by atoms with Crippen molar-refractivity contribution in [3.63, 3.8) is 0 Å². The van der Waals surface area contributed by atoms with Crippen LogP contribution in [0.25, 0.3) is 0 Å². The summed E-state index contributed by atoms with van der Waals surface area (Å²) < 4.78 is 0. The Bertz CT molecular complexity index is 225. The Balaban J connectivity index is 2.04. The predicted octanol–water partition coefficient (Wildman–Crippen LogP) is 0.365. The highest BCUT2D eigenvalue weighted by atomic mass is 16.2. The number of nitrogens with zero attached hydrogens (tertiary/aromatic N) is 1. The van der Waals surface area contributed by atoms with Gasteiger partial charge >= 0.3 is 6.03 Å². The molecule has 0 aromatic heterocycles. The lowest BCUT2D eigenvalue weighted by molar-refractivity contribution is 0.180. The lowest BCUT2D eigenvalue weighted by atomic mass is 10.0. The number of likely N-dealkylation sites (tertiary alicyclic amines) is 1. The van der Waals surface area contributed by atoms with Crippen molar-refractivity contribution in [1.29, 1.82) is 0 Å². The number of nitrogens with one attached hydrogen (secondary N) is 2. The van der Waals surface area contributed by atoms with Crippen molar-refractivity contribution in [2.75, 3.05) is 32.7 Å². The molecule has 5 nitrogen and oxygen atoms in total. The Morgan fingerprint density at radius 2 is 2.00 bits per heavy atom. The van der Waals surface area contributed by atoms with E-state index in [0.29, 0.717) is 12.6 Å². The van der Waals surface area contributed by atoms with E-state index < -0.39 is 6.03 Å². The molecule has 100 valence electrons. The second-order valence-electron chi connectivity index (χ2n) is 5.21. The Labute approximate surface area is 104 Å². The molecule has 0 aliphatic carbocycles. The first kappa shape index (κ1) is 14.3. The molecule has 17 heavy (non-hydrogen) atoms. The Hall–Kier alpha value is -0.810. The van der Waals surface area contributed by atoms with Crippen molar-refractivity contribution < 1.29 is 4.79 Å². The van der Waals surface area contributed by atoms with Crippen LogP contribution >= 0.6 is 0 Å². The highest BCUT2D eigenvalue weighted by molar-refractivity contribution is 5.71. The van der Waals surface area contributed by atoms with Crippen molar-refractivity contribution in [3.8, 4) is 0 Å². The third-order valence-corrected chi connectivity index (χ3v) is 3.07. The number of hydrogen-bond acceptors (Lipinski definition) is 3. The van der Waals surface area contributed by atoms with Gasteiger partial charge < -0.3 is 21.3 Å². The zero-order valence-corrected chi connectivity index (χ0v) is 11.0. The number of carbonyl (C=O) groups is 1. The fraction of sp³-hybridized carbons (Fsp3) is 0.917. The van der Waals surface area contributed by atoms with E-state index in [9.17, 15) is 4.79 Å². The van der Waals surface area contributed by atoms with Crippen LogP contribution < -0.4 is 16.4 Å². The van der Waals surface area contributed by atoms with Gasteiger partial charge in [0.25, 0.3) is 0 Å². The van der Waals surface area contributed by atoms with Crippen LogP contribution in [0.15, 0.2) is 0 Å². The average molecular weight is 242 g/mol. The second kappa shape index (κ2) is 7.50. The quantitative estimate of drug-likeness (QED) is 0.589. The van der Waals surface area contributed by atoms with Gasteiger partial charge in [0.05, 0.1) is 0 Å². The molecule has 2 amide bonds. The van der Waals surface area contributed by atoms with Crippen LogP contribution in [-0.4, -0.2) is 49.7 Å². The Morgan fingerprint density at radius 1 is 1.35 bits per heavy atom. The summed E-state index contributed by atoms with van der Waals surface area (Å²) in [7, 11) is 0. The smallest absolute Gasteiger partial charge is 0.312 e. The zero-order chi connectivity index (χ0) is 12.7. The fourth-order valence-electron chi connectivity index (χ4n) is 2.30. The molecular weight excluding hydrogens is 216 g/mol. The van der Waals surface area contributed by atoms with Crippen molar-refractivity contribution in [3.05, 3.63) is 0 Å². The van der Waals surface area contributed by atoms with Crippen LogP contribution in [0.1, 0.15) is 26.7 Å². The summed E-state index contributed by atoms with van der Waals surface area (Å²) in [5.41, 5.74) is 4.99. The van der Waals surface area contributed by atoms with Gasteiger partial charge in [0.2, 0.25) is 0 Å². The third-order valence-electron chi connectivity index (χ3n) is 3.07. The van der Waals surface area contributed by atoms with Gasteiger partial charge in [-0.15, -0.1) is 0 Å². The molecule has 1 fully saturated rings. The molecule has 0 spiro atoms. The minimum atomic E-state index is -0.446. The molecule has 1 aliphatic rings. The number of primary amides is 1. The van der Waals surface area contributed by atoms with Gasteiger partial charge in [-0.25, -0.2) is 4.79 Å². The molecule has 0 saturated carbocycles. The summed E-state index contributed by atoms with van der Waals surface area (Å²) in [6, 6.07) is 0.145. The minimum absolute atomic E-state index is 0.446. The second-order valence-corrected chi connectivity index (χ2v) is 5.21. The summed E-state index contributed by atoms with van der Waals surface area (Å²) in [6.07, 6.45) is 2.40. The van der Waals surface area contributed by atoms with Crippen LogP contribution in [0.3, 0.4) is 0 Å². The number of hydrogen-bond donors (Lipinski definition) is 3. The molecule has 0 bridgehead atoms. The van der Waals surface area contributed by atoms with Crippen molar-refractivity contribution in [2.45, 2.75) is 32.7 Å². The van der Waals surface area contributed by atoms with Crippen molar-refractivity contribution in [1.82, 2.24) is 15.5 Å². The van der Waals surface area contributed by atoms with Gasteiger partial charge in [-0.2, -0.15) is 0 Å². The number of urea groups is 1. The summed E-state index contributed by atoms with van der Waals surface area (Å²) in [4.78, 5) is 13.0. The number of rotatable bonds is 6. The first-order chi connectivity index (χ1) is 8.08. The van der Waals surface area contributed by atoms with Crippen LogP contribution in [0.5, 0.6) is 0 Å². The van der Waals surface area contributed by atoms with E-state index in [1.165, 1.54) is 32.5 Å². The van der Waals surface area contributed by atoms with Gasteiger partial charge in [0, 0.05) is 25.7 Å². The molecule has 0 radical (unpaired) electrons. The van der Waals surface area contributed by atoms with E-state index in [0.717, 1.165) is 12.5 Å². The zero-order valence-electron chi connectivity index (χ0n) is 11.0. The number of amides is 2. The number of piperidine rings is 1. The van der Waals surface area contributed by atoms with Crippen LogP contribution in [0, 0.1) is 5.92 Å². The standard InChI is InChI=1S/C12H26N4O/c1-10(2)9-16-7-3-11(4-8-16)14-5-6-15-12(13)17/h10-11,14H,3-9H2,1-2H3,(H3,13,15,17). The molecule has 4 N–H and O–H groups in total. The molecule has 5 heteroatoms. The monoisotopic (exact) mass is 242 g/mol. The molecule has 1 heterocycles. The normalized spacial score (nSPS) is 18.5. The SMILES string of the molecule is CC(C)CN1CCC(NCCNC(N)=O)CC1. The van der Waals surface area contributed by atoms with E-state index in [4.69, 9.17) is 5.73 Å². The molecule has 0 unspecified atom stereocenters. The van der Waals surface area contributed by atoms with Gasteiger partial charge in [0.1, 0.15) is 0 Å². The first-order valence-electron chi connectivity index (χ1n) is 6.57. The molecule has 0 atom stereocenters. The highest BCUT2D eigenvalue weighted by Crippen LogP contribution is 2.11. The summed E-state index contributed by atoms with van der Waals surface area (Å²) in [5, 5.41) is 6.04. The van der Waals surface area contributed by atoms with Crippen molar-refractivity contribution in [2.24, 2.45) is 11.7 Å². The van der Waals surface area contributed by atoms with Crippen molar-refractivity contribution >= 4 is 6.03 Å². The molecule has 0 aromatic carbocycles. The van der Waals surface area contributed by atoms with Crippen LogP contribution in [0.2, 0.25) is 0 Å². The Kier molecular flexibility index (Phi) is 6.29. The third kappa shape index (κ3) is 6.48. The summed E-state index contributed by atoms with van der Waals surface area (Å²) in [6.45, 7) is 9.51. The average Bonchev–Trinajstić information content (AvgIpc) is 2.25. The number of nitrogens with two attached hydrogens (primary N) is 1. The largest absolute Gasteiger partial charge is 0.352 e. The van der Waals surface area contributed by atoms with Gasteiger partial charge in [-0.1, -0.05) is 13.8 Å². The fourth-order valence-corrected chi connectivity index (χ4v) is 2.30. The number of carbonyl (C=O) groups excluding carboxylic acids is 1. The summed E-state index contributed by atoms with van der Waals surface area (Å²) in [5.74, 6) is 0.749. The molecule has 1 saturated heterocycles. The van der Waals surface area contributed by atoms with Crippen LogP contribution in [0.4, 0.5) is 4.79 Å². The van der Waals surface area contributed by atoms with E-state index >= 15 is 0 Å². The van der Waals surface area contributed by atoms with E-state index in [1.807, 2.05) is 0 Å². The van der Waals surface area contributed by atoms with E-state index in [-0.39, 0.29) is 0 Å². The van der Waals surface area contributed by atoms with Gasteiger partial charge in [-0.05, 0) is 31.8 Å². The maximum absolute atomic E-state index is 10.5. The summed E-state index contributed by atoms with van der Waals surface area (Å²) >= 11 is 0. The van der Waals surface area contributed by atoms with E-state index in [1.54, 1.807) is 0 Å². The molecular formula is C12H26N4O. The predicted molar refractivity (Wildman–Crippen MR) is 69.9 cm³/mol.